The Hall–Kier alpha value is -4.96. The predicted octanol–water partition coefficient (Wildman–Crippen LogP) is 9.49. The molecule has 0 aliphatic carbocycles. The molecule has 1 aliphatic rings. The van der Waals surface area contributed by atoms with E-state index < -0.39 is 23.6 Å². The average molecular weight is 737 g/mol. The van der Waals surface area contributed by atoms with Crippen LogP contribution in [-0.4, -0.2) is 65.0 Å². The van der Waals surface area contributed by atoms with Gasteiger partial charge in [0, 0.05) is 42.4 Å². The van der Waals surface area contributed by atoms with E-state index in [1.54, 1.807) is 25.1 Å². The van der Waals surface area contributed by atoms with Crippen LogP contribution in [0.15, 0.2) is 73.8 Å². The number of carbonyl (C=O) groups is 2. The fourth-order valence-electron chi connectivity index (χ4n) is 7.07. The maximum absolute atomic E-state index is 13.7. The Morgan fingerprint density at radius 2 is 1.76 bits per heavy atom. The van der Waals surface area contributed by atoms with Crippen LogP contribution < -0.4 is 9.64 Å². The summed E-state index contributed by atoms with van der Waals surface area (Å²) in [6, 6.07) is 15.3. The van der Waals surface area contributed by atoms with Crippen LogP contribution in [0.25, 0.3) is 28.0 Å². The monoisotopic (exact) mass is 736 g/mol. The van der Waals surface area contributed by atoms with Gasteiger partial charge in [-0.1, -0.05) is 37.3 Å². The van der Waals surface area contributed by atoms with Gasteiger partial charge in [-0.15, -0.1) is 13.2 Å². The minimum absolute atomic E-state index is 0.121. The average Bonchev–Trinajstić information content (AvgIpc) is 3.56. The van der Waals surface area contributed by atoms with Crippen LogP contribution in [0.1, 0.15) is 101 Å². The number of rotatable bonds is 15. The number of piperidine rings is 1. The number of carbonyl (C=O) groups excluding carboxylic acids is 2. The van der Waals surface area contributed by atoms with Gasteiger partial charge >= 0.3 is 11.9 Å². The lowest BCUT2D eigenvalue weighted by Gasteiger charge is -2.41. The van der Waals surface area contributed by atoms with Crippen molar-refractivity contribution in [2.75, 3.05) is 31.7 Å². The number of ether oxygens (including phenoxy) is 4. The third-order valence-electron chi connectivity index (χ3n) is 9.96. The molecule has 0 radical (unpaired) electrons. The van der Waals surface area contributed by atoms with Crippen molar-refractivity contribution < 1.29 is 28.5 Å². The molecule has 1 saturated heterocycles. The number of aromatic nitrogens is 3. The molecular formula is C44H56N4O6. The smallest absolute Gasteiger partial charge is 0.340 e. The number of methoxy groups -OCH3 is 1. The molecule has 10 nitrogen and oxygen atoms in total. The molecule has 0 spiro atoms. The van der Waals surface area contributed by atoms with Crippen LogP contribution in [0, 0.1) is 12.3 Å². The van der Waals surface area contributed by atoms with Gasteiger partial charge in [-0.2, -0.15) is 9.61 Å². The van der Waals surface area contributed by atoms with E-state index in [-0.39, 0.29) is 18.1 Å². The summed E-state index contributed by atoms with van der Waals surface area (Å²) in [5, 5.41) is 5.19. The van der Waals surface area contributed by atoms with Gasteiger partial charge in [-0.3, -0.25) is 0 Å². The highest BCUT2D eigenvalue weighted by Gasteiger charge is 2.38. The summed E-state index contributed by atoms with van der Waals surface area (Å²) in [4.78, 5) is 33.6. The van der Waals surface area contributed by atoms with Crippen LogP contribution in [0.5, 0.6) is 5.75 Å². The Morgan fingerprint density at radius 1 is 1.04 bits per heavy atom. The van der Waals surface area contributed by atoms with E-state index in [4.69, 9.17) is 29.0 Å². The summed E-state index contributed by atoms with van der Waals surface area (Å²) in [6.07, 6.45) is 7.35. The fraction of sp³-hybridized carbons (Fsp3) is 0.455. The Labute approximate surface area is 320 Å². The number of anilines is 1. The molecule has 2 unspecified atom stereocenters. The molecule has 0 bridgehead atoms. The maximum Gasteiger partial charge on any atom is 0.340 e. The quantitative estimate of drug-likeness (QED) is 0.0872. The van der Waals surface area contributed by atoms with Gasteiger partial charge in [0.25, 0.3) is 0 Å². The molecule has 2 aromatic carbocycles. The first-order chi connectivity index (χ1) is 25.7. The number of nitrogens with zero attached hydrogens (tertiary/aromatic N) is 4. The Kier molecular flexibility index (Phi) is 12.7. The molecule has 5 rings (SSSR count). The molecule has 0 amide bonds. The first-order valence-electron chi connectivity index (χ1n) is 18.9. The summed E-state index contributed by atoms with van der Waals surface area (Å²) in [6.45, 7) is 23.4. The molecule has 1 fully saturated rings. The second kappa shape index (κ2) is 17.0. The van der Waals surface area contributed by atoms with Crippen LogP contribution in [0.3, 0.4) is 0 Å². The number of esters is 2. The van der Waals surface area contributed by atoms with Crippen molar-refractivity contribution in [2.24, 2.45) is 5.41 Å². The van der Waals surface area contributed by atoms with Crippen molar-refractivity contribution in [3.63, 3.8) is 0 Å². The minimum atomic E-state index is -1.01. The zero-order valence-electron chi connectivity index (χ0n) is 33.2. The van der Waals surface area contributed by atoms with Crippen LogP contribution in [-0.2, 0) is 19.0 Å². The predicted molar refractivity (Wildman–Crippen MR) is 214 cm³/mol. The number of hydrogen-bond acceptors (Lipinski definition) is 9. The zero-order valence-corrected chi connectivity index (χ0v) is 33.2. The number of allylic oxidation sites excluding steroid dienone is 1. The van der Waals surface area contributed by atoms with Crippen molar-refractivity contribution in [1.82, 2.24) is 14.6 Å². The van der Waals surface area contributed by atoms with Crippen LogP contribution in [0.4, 0.5) is 5.82 Å². The molecule has 54 heavy (non-hydrogen) atoms. The highest BCUT2D eigenvalue weighted by atomic mass is 16.6. The number of benzene rings is 2. The Morgan fingerprint density at radius 3 is 2.41 bits per heavy atom. The molecular weight excluding hydrogens is 681 g/mol. The van der Waals surface area contributed by atoms with Crippen molar-refractivity contribution in [3.8, 4) is 28.1 Å². The van der Waals surface area contributed by atoms with Crippen LogP contribution >= 0.6 is 0 Å². The molecule has 3 heterocycles. The summed E-state index contributed by atoms with van der Waals surface area (Å²) >= 11 is 0. The van der Waals surface area contributed by atoms with Gasteiger partial charge in [0.05, 0.1) is 42.2 Å². The van der Waals surface area contributed by atoms with Crippen LogP contribution in [0.2, 0.25) is 0 Å². The molecule has 2 atom stereocenters. The second-order valence-corrected chi connectivity index (χ2v) is 15.5. The first kappa shape index (κ1) is 40.2. The number of aryl methyl sites for hydroxylation is 1. The van der Waals surface area contributed by atoms with E-state index in [9.17, 15) is 9.59 Å². The normalized spacial score (nSPS) is 15.4. The molecule has 0 saturated carbocycles. The van der Waals surface area contributed by atoms with Crippen molar-refractivity contribution >= 4 is 23.4 Å². The summed E-state index contributed by atoms with van der Waals surface area (Å²) in [5.74, 6) is 0.534. The lowest BCUT2D eigenvalue weighted by molar-refractivity contribution is -0.166. The van der Waals surface area contributed by atoms with E-state index in [1.165, 1.54) is 7.11 Å². The van der Waals surface area contributed by atoms with Crippen molar-refractivity contribution in [3.05, 3.63) is 90.7 Å². The molecule has 2 aromatic heterocycles. The second-order valence-electron chi connectivity index (χ2n) is 15.5. The molecule has 288 valence electrons. The summed E-state index contributed by atoms with van der Waals surface area (Å²) in [5.41, 5.74) is 5.08. The van der Waals surface area contributed by atoms with Gasteiger partial charge in [0.15, 0.2) is 11.8 Å². The lowest BCUT2D eigenvalue weighted by Crippen LogP contribution is -2.41. The van der Waals surface area contributed by atoms with Crippen molar-refractivity contribution in [2.45, 2.75) is 98.4 Å². The van der Waals surface area contributed by atoms with E-state index in [0.717, 1.165) is 61.3 Å². The standard InChI is InChI=1S/C44H56N4O6/c1-11-14-21-44(9)22-24-47(25-23-44)40-38(39(42(50)52-13-3)54-43(6,7)8)30(5)45-37-28-35(46-48(37)40)32-18-15-17-31(26-32)34-27-33(41(49)51-10)19-20-36(34)53-29(4)16-12-2/h11-12,15,17-20,26-29,39H,1-2,13-14,16,21-25H2,3-10H3. The first-order valence-corrected chi connectivity index (χ1v) is 18.9. The van der Waals surface area contributed by atoms with E-state index in [1.807, 2.05) is 81.6 Å². The van der Waals surface area contributed by atoms with Crippen molar-refractivity contribution in [1.29, 1.82) is 0 Å². The fourth-order valence-corrected chi connectivity index (χ4v) is 7.07. The topological polar surface area (TPSA) is 104 Å². The minimum Gasteiger partial charge on any atom is -0.490 e. The van der Waals surface area contributed by atoms with E-state index in [0.29, 0.717) is 40.3 Å². The van der Waals surface area contributed by atoms with Gasteiger partial charge in [-0.25, -0.2) is 14.6 Å². The Balaban J connectivity index is 1.67. The SMILES string of the molecule is C=CCCC1(C)CCN(c2c(C(OC(C)(C)C)C(=O)OCC)c(C)nc3cc(-c4cccc(-c5cc(C(=O)OC)ccc5OC(C)CC=C)c4)nn23)CC1. The van der Waals surface area contributed by atoms with E-state index >= 15 is 0 Å². The molecule has 0 N–H and O–H groups in total. The van der Waals surface area contributed by atoms with Gasteiger partial charge in [-0.05, 0) is 102 Å². The van der Waals surface area contributed by atoms with Gasteiger partial charge < -0.3 is 23.8 Å². The van der Waals surface area contributed by atoms with E-state index in [2.05, 4.69) is 25.0 Å². The maximum atomic E-state index is 13.7. The third-order valence-corrected chi connectivity index (χ3v) is 9.96. The van der Waals surface area contributed by atoms with Gasteiger partial charge in [0.2, 0.25) is 0 Å². The number of fused-ring (bicyclic) bond motifs is 1. The Bertz CT molecular complexity index is 1980. The zero-order chi connectivity index (χ0) is 39.2. The molecule has 10 heteroatoms. The molecule has 1 aliphatic heterocycles. The highest BCUT2D eigenvalue weighted by Crippen LogP contribution is 2.42. The third kappa shape index (κ3) is 9.21. The molecule has 4 aromatic rings. The largest absolute Gasteiger partial charge is 0.490 e. The summed E-state index contributed by atoms with van der Waals surface area (Å²) in [7, 11) is 1.37. The lowest BCUT2D eigenvalue weighted by atomic mass is 9.76. The summed E-state index contributed by atoms with van der Waals surface area (Å²) < 4.78 is 25.3. The van der Waals surface area contributed by atoms with Gasteiger partial charge in [0.1, 0.15) is 11.6 Å². The highest BCUT2D eigenvalue weighted by molar-refractivity contribution is 5.92. The number of hydrogen-bond donors (Lipinski definition) is 0.